The molecule has 0 aromatic heterocycles. The fraction of sp³-hybridized carbons (Fsp3) is 0.333. The first-order chi connectivity index (χ1) is 10.0. The van der Waals surface area contributed by atoms with Gasteiger partial charge in [-0.3, -0.25) is 0 Å². The van der Waals surface area contributed by atoms with Crippen molar-refractivity contribution in [2.24, 2.45) is 5.41 Å². The van der Waals surface area contributed by atoms with Gasteiger partial charge in [-0.1, -0.05) is 81.8 Å². The normalized spacial score (nSPS) is 15.2. The second-order valence-electron chi connectivity index (χ2n) is 6.95. The predicted molar refractivity (Wildman–Crippen MR) is 93.5 cm³/mol. The van der Waals surface area contributed by atoms with Crippen LogP contribution < -0.4 is 0 Å². The Balaban J connectivity index is 2.13. The first kappa shape index (κ1) is 14.1. The molecular weight excluding hydrogens is 252 g/mol. The topological polar surface area (TPSA) is 0 Å². The molecule has 108 valence electrons. The van der Waals surface area contributed by atoms with Crippen molar-refractivity contribution >= 4 is 16.3 Å². The summed E-state index contributed by atoms with van der Waals surface area (Å²) >= 11 is 0. The standard InChI is InChI=1S/C21H24/c1-5-15-11-13-19(20-9-7-6-8-18(15)20)16-10-12-17(14-16)21(2,3)4/h6-11,13-14H,5,12H2,1-4H3. The molecule has 0 amide bonds. The number of benzene rings is 2. The van der Waals surface area contributed by atoms with Gasteiger partial charge in [-0.25, -0.2) is 0 Å². The maximum absolute atomic E-state index is 2.40. The SMILES string of the molecule is CCc1ccc(C2=CCC(C(C)(C)C)=C2)c2ccccc12. The molecule has 0 spiro atoms. The van der Waals surface area contributed by atoms with E-state index in [9.17, 15) is 0 Å². The average Bonchev–Trinajstić information content (AvgIpc) is 2.96. The van der Waals surface area contributed by atoms with Gasteiger partial charge in [-0.15, -0.1) is 0 Å². The maximum atomic E-state index is 2.40. The van der Waals surface area contributed by atoms with E-state index in [2.05, 4.69) is 76.2 Å². The molecule has 0 saturated carbocycles. The lowest BCUT2D eigenvalue weighted by Crippen LogP contribution is -2.07. The Hall–Kier alpha value is -1.82. The maximum Gasteiger partial charge on any atom is -0.0103 e. The van der Waals surface area contributed by atoms with Gasteiger partial charge in [-0.2, -0.15) is 0 Å². The van der Waals surface area contributed by atoms with Crippen LogP contribution in [0.2, 0.25) is 0 Å². The highest BCUT2D eigenvalue weighted by molar-refractivity contribution is 5.98. The van der Waals surface area contributed by atoms with Crippen molar-refractivity contribution < 1.29 is 0 Å². The number of aryl methyl sites for hydroxylation is 1. The number of allylic oxidation sites excluding steroid dienone is 4. The summed E-state index contributed by atoms with van der Waals surface area (Å²) in [6.07, 6.45) is 6.95. The van der Waals surface area contributed by atoms with E-state index < -0.39 is 0 Å². The molecule has 0 atom stereocenters. The molecule has 0 unspecified atom stereocenters. The molecule has 0 heterocycles. The van der Waals surface area contributed by atoms with Crippen molar-refractivity contribution in [2.75, 3.05) is 0 Å². The molecule has 2 aromatic carbocycles. The lowest BCUT2D eigenvalue weighted by Gasteiger charge is -2.19. The minimum atomic E-state index is 0.261. The summed E-state index contributed by atoms with van der Waals surface area (Å²) in [6.45, 7) is 9.13. The van der Waals surface area contributed by atoms with Gasteiger partial charge in [0.1, 0.15) is 0 Å². The van der Waals surface area contributed by atoms with Crippen LogP contribution in [0.15, 0.2) is 54.1 Å². The third-order valence-electron chi connectivity index (χ3n) is 4.54. The van der Waals surface area contributed by atoms with Crippen LogP contribution in [0, 0.1) is 5.41 Å². The van der Waals surface area contributed by atoms with Crippen molar-refractivity contribution in [2.45, 2.75) is 40.5 Å². The zero-order valence-electron chi connectivity index (χ0n) is 13.5. The highest BCUT2D eigenvalue weighted by Crippen LogP contribution is 2.38. The summed E-state index contributed by atoms with van der Waals surface area (Å²) in [5.74, 6) is 0. The number of hydrogen-bond acceptors (Lipinski definition) is 0. The second kappa shape index (κ2) is 5.18. The van der Waals surface area contributed by atoms with Crippen molar-refractivity contribution in [1.29, 1.82) is 0 Å². The minimum absolute atomic E-state index is 0.261. The minimum Gasteiger partial charge on any atom is -0.0725 e. The Kier molecular flexibility index (Phi) is 3.49. The van der Waals surface area contributed by atoms with Gasteiger partial charge >= 0.3 is 0 Å². The van der Waals surface area contributed by atoms with Crippen LogP contribution in [0.4, 0.5) is 0 Å². The number of fused-ring (bicyclic) bond motifs is 1. The third kappa shape index (κ3) is 2.55. The molecule has 2 aromatic rings. The molecule has 0 fully saturated rings. The summed E-state index contributed by atoms with van der Waals surface area (Å²) in [5, 5.41) is 2.78. The predicted octanol–water partition coefficient (Wildman–Crippen LogP) is 6.16. The van der Waals surface area contributed by atoms with Crippen LogP contribution in [-0.2, 0) is 6.42 Å². The Morgan fingerprint density at radius 1 is 0.952 bits per heavy atom. The van der Waals surface area contributed by atoms with Crippen molar-refractivity contribution in [3.63, 3.8) is 0 Å². The molecule has 0 N–H and O–H groups in total. The molecule has 0 saturated heterocycles. The third-order valence-corrected chi connectivity index (χ3v) is 4.54. The van der Waals surface area contributed by atoms with Gasteiger partial charge in [0.25, 0.3) is 0 Å². The molecule has 3 rings (SSSR count). The second-order valence-corrected chi connectivity index (χ2v) is 6.95. The van der Waals surface area contributed by atoms with E-state index in [0.29, 0.717) is 0 Å². The van der Waals surface area contributed by atoms with Crippen LogP contribution >= 0.6 is 0 Å². The Morgan fingerprint density at radius 3 is 2.29 bits per heavy atom. The van der Waals surface area contributed by atoms with Crippen LogP contribution in [0.5, 0.6) is 0 Å². The van der Waals surface area contributed by atoms with Gasteiger partial charge in [-0.05, 0) is 45.7 Å². The molecule has 21 heavy (non-hydrogen) atoms. The van der Waals surface area contributed by atoms with Gasteiger partial charge in [0.15, 0.2) is 0 Å². The van der Waals surface area contributed by atoms with Crippen molar-refractivity contribution in [3.8, 4) is 0 Å². The fourth-order valence-electron chi connectivity index (χ4n) is 3.16. The van der Waals surface area contributed by atoms with Gasteiger partial charge in [0, 0.05) is 0 Å². The molecule has 0 nitrogen and oxygen atoms in total. The molecule has 0 bridgehead atoms. The van der Waals surface area contributed by atoms with E-state index in [1.165, 1.54) is 33.0 Å². The van der Waals surface area contributed by atoms with Crippen molar-refractivity contribution in [3.05, 3.63) is 65.3 Å². The van der Waals surface area contributed by atoms with Gasteiger partial charge in [0.2, 0.25) is 0 Å². The summed E-state index contributed by atoms with van der Waals surface area (Å²) in [4.78, 5) is 0. The van der Waals surface area contributed by atoms with E-state index in [1.54, 1.807) is 0 Å². The Labute approximate surface area is 128 Å². The molecule has 0 radical (unpaired) electrons. The molecule has 1 aliphatic carbocycles. The molecular formula is C21H24. The van der Waals surface area contributed by atoms with Gasteiger partial charge in [0.05, 0.1) is 0 Å². The smallest absolute Gasteiger partial charge is 0.0103 e. The highest BCUT2D eigenvalue weighted by Gasteiger charge is 2.21. The molecule has 1 aliphatic rings. The first-order valence-corrected chi connectivity index (χ1v) is 7.93. The summed E-state index contributed by atoms with van der Waals surface area (Å²) in [7, 11) is 0. The van der Waals surface area contributed by atoms with E-state index >= 15 is 0 Å². The van der Waals surface area contributed by atoms with E-state index in [0.717, 1.165) is 12.8 Å². The first-order valence-electron chi connectivity index (χ1n) is 7.93. The van der Waals surface area contributed by atoms with Crippen LogP contribution in [0.1, 0.15) is 45.2 Å². The molecule has 0 aliphatic heterocycles. The van der Waals surface area contributed by atoms with Crippen molar-refractivity contribution in [1.82, 2.24) is 0 Å². The lowest BCUT2D eigenvalue weighted by molar-refractivity contribution is 0.496. The fourth-order valence-corrected chi connectivity index (χ4v) is 3.16. The monoisotopic (exact) mass is 276 g/mol. The van der Waals surface area contributed by atoms with E-state index in [-0.39, 0.29) is 5.41 Å². The van der Waals surface area contributed by atoms with Crippen LogP contribution in [0.25, 0.3) is 16.3 Å². The van der Waals surface area contributed by atoms with E-state index in [1.807, 2.05) is 0 Å². The summed E-state index contributed by atoms with van der Waals surface area (Å²) < 4.78 is 0. The lowest BCUT2D eigenvalue weighted by atomic mass is 9.85. The van der Waals surface area contributed by atoms with Crippen LogP contribution in [-0.4, -0.2) is 0 Å². The number of rotatable bonds is 2. The highest BCUT2D eigenvalue weighted by atomic mass is 14.3. The quantitative estimate of drug-likeness (QED) is 0.616. The summed E-state index contributed by atoms with van der Waals surface area (Å²) in [5.41, 5.74) is 5.99. The Morgan fingerprint density at radius 2 is 1.67 bits per heavy atom. The average molecular weight is 276 g/mol. The Bertz CT molecular complexity index is 736. The summed E-state index contributed by atoms with van der Waals surface area (Å²) in [6, 6.07) is 13.4. The zero-order chi connectivity index (χ0) is 15.0. The largest absolute Gasteiger partial charge is 0.0725 e. The van der Waals surface area contributed by atoms with E-state index in [4.69, 9.17) is 0 Å². The number of hydrogen-bond donors (Lipinski definition) is 0. The zero-order valence-corrected chi connectivity index (χ0v) is 13.5. The molecule has 0 heteroatoms. The van der Waals surface area contributed by atoms with Gasteiger partial charge < -0.3 is 0 Å². The van der Waals surface area contributed by atoms with Crippen LogP contribution in [0.3, 0.4) is 0 Å².